The van der Waals surface area contributed by atoms with Gasteiger partial charge in [-0.15, -0.1) is 0 Å². The lowest BCUT2D eigenvalue weighted by Crippen LogP contribution is -2.70. The Kier molecular flexibility index (Phi) is 10.2. The Hall–Kier alpha value is -2.80. The van der Waals surface area contributed by atoms with Gasteiger partial charge in [-0.1, -0.05) is 36.1 Å². The Morgan fingerprint density at radius 2 is 1.59 bits per heavy atom. The molecule has 37 heavy (non-hydrogen) atoms. The van der Waals surface area contributed by atoms with Crippen molar-refractivity contribution in [1.29, 1.82) is 0 Å². The maximum absolute atomic E-state index is 14.0. The molecule has 3 atom stereocenters. The van der Waals surface area contributed by atoms with Gasteiger partial charge in [0.15, 0.2) is 0 Å². The van der Waals surface area contributed by atoms with Crippen molar-refractivity contribution in [2.45, 2.75) is 57.5 Å². The van der Waals surface area contributed by atoms with Crippen molar-refractivity contribution in [2.24, 2.45) is 0 Å². The number of morpholine rings is 1. The molecule has 1 amide bonds. The van der Waals surface area contributed by atoms with Crippen molar-refractivity contribution >= 4 is 5.91 Å². The Bertz CT molecular complexity index is 1070. The molecule has 1 aliphatic heterocycles. The summed E-state index contributed by atoms with van der Waals surface area (Å²) in [4.78, 5) is 14.6. The lowest BCUT2D eigenvalue weighted by molar-refractivity contribution is -0.153. The minimum atomic E-state index is -2.01. The topological polar surface area (TPSA) is 94.1 Å². The number of alkyl halides is 1. The van der Waals surface area contributed by atoms with Gasteiger partial charge in [-0.3, -0.25) is 14.9 Å². The Labute approximate surface area is 219 Å². The minimum Gasteiger partial charge on any atom is -0.385 e. The molecule has 2 aromatic carbocycles. The van der Waals surface area contributed by atoms with Crippen LogP contribution in [0.5, 0.6) is 0 Å². The summed E-state index contributed by atoms with van der Waals surface area (Å²) < 4.78 is 19.4. The van der Waals surface area contributed by atoms with Crippen LogP contribution in [0.15, 0.2) is 48.5 Å². The summed E-state index contributed by atoms with van der Waals surface area (Å²) in [5, 5.41) is 22.5. The van der Waals surface area contributed by atoms with Crippen molar-refractivity contribution in [3.63, 3.8) is 0 Å². The van der Waals surface area contributed by atoms with Gasteiger partial charge >= 0.3 is 0 Å². The van der Waals surface area contributed by atoms with E-state index in [9.17, 15) is 14.3 Å². The fourth-order valence-corrected chi connectivity index (χ4v) is 4.24. The van der Waals surface area contributed by atoms with Crippen LogP contribution in [0.4, 0.5) is 4.39 Å². The van der Waals surface area contributed by atoms with Crippen LogP contribution in [0.1, 0.15) is 49.4 Å². The summed E-state index contributed by atoms with van der Waals surface area (Å²) in [5.74, 6) is 5.52. The zero-order valence-electron chi connectivity index (χ0n) is 21.9. The van der Waals surface area contributed by atoms with Crippen molar-refractivity contribution in [1.82, 2.24) is 15.7 Å². The highest BCUT2D eigenvalue weighted by molar-refractivity contribution is 5.86. The molecule has 0 aromatic heterocycles. The second kappa shape index (κ2) is 13.1. The zero-order chi connectivity index (χ0) is 26.9. The first-order valence-corrected chi connectivity index (χ1v) is 12.7. The summed E-state index contributed by atoms with van der Waals surface area (Å²) >= 11 is 0. The number of carbonyl (C=O) groups excluding carboxylic acids is 1. The van der Waals surface area contributed by atoms with E-state index in [1.54, 1.807) is 0 Å². The molecule has 1 saturated heterocycles. The number of benzene rings is 2. The Balaban J connectivity index is 1.50. The third kappa shape index (κ3) is 7.60. The molecule has 8 heteroatoms. The second-order valence-electron chi connectivity index (χ2n) is 9.89. The number of nitrogens with one attached hydrogen (secondary N) is 2. The first-order chi connectivity index (χ1) is 17.7. The number of hydroxylamine groups is 1. The van der Waals surface area contributed by atoms with Crippen molar-refractivity contribution in [3.05, 3.63) is 70.8 Å². The normalized spacial score (nSPS) is 18.1. The molecule has 3 rings (SSSR count). The zero-order valence-corrected chi connectivity index (χ0v) is 21.9. The highest BCUT2D eigenvalue weighted by atomic mass is 19.1. The maximum atomic E-state index is 14.0. The van der Waals surface area contributed by atoms with Crippen LogP contribution in [0.2, 0.25) is 0 Å². The molecule has 1 heterocycles. The second-order valence-corrected chi connectivity index (χ2v) is 9.89. The molecular formula is C29H38FN3O4. The van der Waals surface area contributed by atoms with Gasteiger partial charge in [-0.2, -0.15) is 0 Å². The van der Waals surface area contributed by atoms with Gasteiger partial charge in [0.2, 0.25) is 0 Å². The van der Waals surface area contributed by atoms with Crippen LogP contribution in [-0.4, -0.2) is 71.3 Å². The number of rotatable bonds is 10. The number of halogens is 1. The van der Waals surface area contributed by atoms with E-state index in [1.807, 2.05) is 24.3 Å². The van der Waals surface area contributed by atoms with Crippen LogP contribution in [0, 0.1) is 11.8 Å². The summed E-state index contributed by atoms with van der Waals surface area (Å²) in [5.41, 5.74) is 2.07. The van der Waals surface area contributed by atoms with E-state index < -0.39 is 23.2 Å². The number of ether oxygens (including phenoxy) is 1. The van der Waals surface area contributed by atoms with E-state index in [0.717, 1.165) is 56.0 Å². The van der Waals surface area contributed by atoms with E-state index in [-0.39, 0.29) is 0 Å². The molecule has 1 fully saturated rings. The van der Waals surface area contributed by atoms with E-state index in [1.165, 1.54) is 31.8 Å². The number of hydrogen-bond donors (Lipinski definition) is 4. The van der Waals surface area contributed by atoms with E-state index in [4.69, 9.17) is 9.94 Å². The van der Waals surface area contributed by atoms with Gasteiger partial charge in [0.1, 0.15) is 17.3 Å². The lowest BCUT2D eigenvalue weighted by atomic mass is 9.78. The number of aliphatic hydroxyl groups is 1. The van der Waals surface area contributed by atoms with Gasteiger partial charge in [0.25, 0.3) is 5.91 Å². The molecule has 3 unspecified atom stereocenters. The fraction of sp³-hybridized carbons (Fsp3) is 0.483. The van der Waals surface area contributed by atoms with Gasteiger partial charge in [-0.05, 0) is 75.5 Å². The highest BCUT2D eigenvalue weighted by Crippen LogP contribution is 2.28. The van der Waals surface area contributed by atoms with E-state index in [0.29, 0.717) is 13.0 Å². The van der Waals surface area contributed by atoms with Gasteiger partial charge in [-0.25, -0.2) is 9.87 Å². The molecule has 0 bridgehead atoms. The first kappa shape index (κ1) is 28.8. The minimum absolute atomic E-state index is 0.343. The van der Waals surface area contributed by atoms with E-state index >= 15 is 0 Å². The summed E-state index contributed by atoms with van der Waals surface area (Å²) in [6.45, 7) is 8.59. The molecule has 0 spiro atoms. The summed E-state index contributed by atoms with van der Waals surface area (Å²) in [6.07, 6.45) is -0.327. The van der Waals surface area contributed by atoms with Crippen molar-refractivity contribution in [2.75, 3.05) is 32.8 Å². The fourth-order valence-electron chi connectivity index (χ4n) is 4.24. The molecule has 1 aliphatic rings. The average Bonchev–Trinajstić information content (AvgIpc) is 2.91. The van der Waals surface area contributed by atoms with Crippen LogP contribution in [0.25, 0.3) is 0 Å². The molecule has 4 N–H and O–H groups in total. The van der Waals surface area contributed by atoms with Crippen molar-refractivity contribution < 1.29 is 24.2 Å². The number of amides is 1. The molecule has 2 aromatic rings. The first-order valence-electron chi connectivity index (χ1n) is 12.7. The monoisotopic (exact) mass is 511 g/mol. The number of nitrogens with zero attached hydrogens (tertiary/aromatic N) is 1. The van der Waals surface area contributed by atoms with Crippen molar-refractivity contribution in [3.8, 4) is 11.8 Å². The largest absolute Gasteiger partial charge is 0.385 e. The van der Waals surface area contributed by atoms with Crippen LogP contribution >= 0.6 is 0 Å². The quantitative estimate of drug-likeness (QED) is 0.170. The smallest absolute Gasteiger partial charge is 0.266 e. The lowest BCUT2D eigenvalue weighted by Gasteiger charge is -2.42. The molecule has 0 aliphatic carbocycles. The average molecular weight is 512 g/mol. The third-order valence-electron chi connectivity index (χ3n) is 7.23. The van der Waals surface area contributed by atoms with Crippen LogP contribution in [0.3, 0.4) is 0 Å². The van der Waals surface area contributed by atoms with Gasteiger partial charge in [0, 0.05) is 30.8 Å². The predicted octanol–water partition coefficient (Wildman–Crippen LogP) is 2.81. The molecule has 0 saturated carbocycles. The Morgan fingerprint density at radius 3 is 2.11 bits per heavy atom. The summed E-state index contributed by atoms with van der Waals surface area (Å²) in [7, 11) is 0. The van der Waals surface area contributed by atoms with Gasteiger partial charge < -0.3 is 15.2 Å². The number of carbonyl (C=O) groups is 1. The maximum Gasteiger partial charge on any atom is 0.266 e. The van der Waals surface area contributed by atoms with Gasteiger partial charge in [0.05, 0.1) is 13.2 Å². The number of hydrogen-bond acceptors (Lipinski definition) is 6. The predicted molar refractivity (Wildman–Crippen MR) is 141 cm³/mol. The molecular weight excluding hydrogens is 473 g/mol. The molecule has 7 nitrogen and oxygen atoms in total. The molecule has 200 valence electrons. The van der Waals surface area contributed by atoms with Crippen LogP contribution in [-0.2, 0) is 22.5 Å². The summed E-state index contributed by atoms with van der Waals surface area (Å²) in [6, 6.07) is 16.3. The number of aryl methyl sites for hydroxylation is 1. The molecule has 0 radical (unpaired) electrons. The van der Waals surface area contributed by atoms with Crippen LogP contribution < -0.4 is 10.8 Å². The third-order valence-corrected chi connectivity index (χ3v) is 7.23. The Morgan fingerprint density at radius 1 is 1.05 bits per heavy atom. The van der Waals surface area contributed by atoms with E-state index in [2.05, 4.69) is 46.3 Å². The standard InChI is InChI=1S/C29H38FN3O4/c1-22(30)29(3,35)28(2,27(34)32-36)31-16-4-5-23-6-8-24(9-7-23)10-11-25-12-14-26(15-13-25)21-33-17-19-37-20-18-33/h6-9,12-15,22,31,35-36H,4-5,16-21H2,1-3H3,(H,32,34). The SMILES string of the molecule is CC(F)C(C)(O)C(C)(NCCCc1ccc(C#Cc2ccc(CN3CCOCC3)cc2)cc1)C(=O)NO. The highest BCUT2D eigenvalue weighted by Gasteiger charge is 2.52.